The standard InChI is InChI=1S/C12H14O/c1-5-8-11(6-2)10(4)9-12(13)7-3/h1,6,8-9H,2,7H2,3-4H3. The van der Waals surface area contributed by atoms with Crippen molar-refractivity contribution in [3.05, 3.63) is 36.0 Å². The van der Waals surface area contributed by atoms with Crippen LogP contribution in [0.25, 0.3) is 0 Å². The Morgan fingerprint density at radius 2 is 2.23 bits per heavy atom. The summed E-state index contributed by atoms with van der Waals surface area (Å²) >= 11 is 0. The Morgan fingerprint density at radius 1 is 1.62 bits per heavy atom. The van der Waals surface area contributed by atoms with E-state index >= 15 is 0 Å². The van der Waals surface area contributed by atoms with Gasteiger partial charge >= 0.3 is 0 Å². The predicted octanol–water partition coefficient (Wildman–Crippen LogP) is 2.66. The molecule has 13 heavy (non-hydrogen) atoms. The average Bonchev–Trinajstić information content (AvgIpc) is 2.13. The second-order valence-corrected chi connectivity index (χ2v) is 2.62. The van der Waals surface area contributed by atoms with Gasteiger partial charge in [-0.05, 0) is 30.2 Å². The molecular weight excluding hydrogens is 160 g/mol. The molecule has 0 aromatic rings. The number of carbonyl (C=O) groups is 1. The summed E-state index contributed by atoms with van der Waals surface area (Å²) in [5, 5.41) is 0. The van der Waals surface area contributed by atoms with Crippen LogP contribution in [-0.4, -0.2) is 5.78 Å². The van der Waals surface area contributed by atoms with Crippen LogP contribution in [0.1, 0.15) is 20.3 Å². The highest BCUT2D eigenvalue weighted by molar-refractivity contribution is 5.90. The highest BCUT2D eigenvalue weighted by Gasteiger charge is 1.97. The Balaban J connectivity index is 4.76. The summed E-state index contributed by atoms with van der Waals surface area (Å²) in [6, 6.07) is 0. The van der Waals surface area contributed by atoms with Crippen LogP contribution in [0.2, 0.25) is 0 Å². The molecule has 0 aromatic heterocycles. The molecule has 0 radical (unpaired) electrons. The Hall–Kier alpha value is -1.55. The van der Waals surface area contributed by atoms with Crippen LogP contribution in [0.3, 0.4) is 0 Å². The van der Waals surface area contributed by atoms with Crippen molar-refractivity contribution in [3.63, 3.8) is 0 Å². The molecule has 0 saturated carbocycles. The zero-order valence-corrected chi connectivity index (χ0v) is 8.13. The SMILES string of the molecule is C#CC=C(C=C)C(C)=CC(=O)CC. The van der Waals surface area contributed by atoms with Gasteiger partial charge in [0.15, 0.2) is 5.78 Å². The maximum atomic E-state index is 11.1. The summed E-state index contributed by atoms with van der Waals surface area (Å²) in [5.74, 6) is 2.50. The molecule has 0 rings (SSSR count). The summed E-state index contributed by atoms with van der Waals surface area (Å²) in [5.41, 5.74) is 1.68. The van der Waals surface area contributed by atoms with E-state index in [-0.39, 0.29) is 5.78 Å². The number of carbonyl (C=O) groups excluding carboxylic acids is 1. The van der Waals surface area contributed by atoms with Gasteiger partial charge in [-0.1, -0.05) is 25.5 Å². The fraction of sp³-hybridized carbons (Fsp3) is 0.250. The second kappa shape index (κ2) is 6.02. The Morgan fingerprint density at radius 3 is 2.62 bits per heavy atom. The third kappa shape index (κ3) is 4.12. The maximum absolute atomic E-state index is 11.1. The number of terminal acetylenes is 1. The maximum Gasteiger partial charge on any atom is 0.155 e. The lowest BCUT2D eigenvalue weighted by molar-refractivity contribution is -0.114. The van der Waals surface area contributed by atoms with Gasteiger partial charge in [-0.25, -0.2) is 0 Å². The van der Waals surface area contributed by atoms with Crippen LogP contribution >= 0.6 is 0 Å². The molecular formula is C12H14O. The largest absolute Gasteiger partial charge is 0.295 e. The van der Waals surface area contributed by atoms with E-state index in [4.69, 9.17) is 6.42 Å². The average molecular weight is 174 g/mol. The molecule has 0 fully saturated rings. The zero-order valence-electron chi connectivity index (χ0n) is 8.13. The second-order valence-electron chi connectivity index (χ2n) is 2.62. The van der Waals surface area contributed by atoms with Crippen molar-refractivity contribution in [2.24, 2.45) is 0 Å². The van der Waals surface area contributed by atoms with E-state index < -0.39 is 0 Å². The van der Waals surface area contributed by atoms with Crippen molar-refractivity contribution in [3.8, 4) is 12.3 Å². The lowest BCUT2D eigenvalue weighted by Gasteiger charge is -1.99. The van der Waals surface area contributed by atoms with E-state index in [1.165, 1.54) is 0 Å². The topological polar surface area (TPSA) is 17.1 Å². The van der Waals surface area contributed by atoms with Gasteiger partial charge < -0.3 is 0 Å². The van der Waals surface area contributed by atoms with Crippen molar-refractivity contribution in [1.82, 2.24) is 0 Å². The van der Waals surface area contributed by atoms with Gasteiger partial charge in [0, 0.05) is 6.42 Å². The number of rotatable bonds is 4. The first-order valence-corrected chi connectivity index (χ1v) is 4.16. The van der Waals surface area contributed by atoms with Crippen molar-refractivity contribution >= 4 is 5.78 Å². The van der Waals surface area contributed by atoms with E-state index in [1.54, 1.807) is 18.2 Å². The molecule has 1 nitrogen and oxygen atoms in total. The quantitative estimate of drug-likeness (QED) is 0.364. The first-order valence-electron chi connectivity index (χ1n) is 4.16. The lowest BCUT2D eigenvalue weighted by atomic mass is 10.1. The van der Waals surface area contributed by atoms with Gasteiger partial charge in [-0.3, -0.25) is 4.79 Å². The summed E-state index contributed by atoms with van der Waals surface area (Å²) in [6.45, 7) is 7.29. The van der Waals surface area contributed by atoms with Gasteiger partial charge in [0.1, 0.15) is 0 Å². The van der Waals surface area contributed by atoms with Crippen LogP contribution in [0.4, 0.5) is 0 Å². The highest BCUT2D eigenvalue weighted by atomic mass is 16.1. The minimum absolute atomic E-state index is 0.0993. The molecule has 1 heteroatoms. The fourth-order valence-corrected chi connectivity index (χ4v) is 0.850. The van der Waals surface area contributed by atoms with E-state index in [1.807, 2.05) is 13.8 Å². The molecule has 0 atom stereocenters. The molecule has 0 saturated heterocycles. The summed E-state index contributed by atoms with van der Waals surface area (Å²) in [7, 11) is 0. The van der Waals surface area contributed by atoms with Gasteiger partial charge in [0.25, 0.3) is 0 Å². The van der Waals surface area contributed by atoms with Gasteiger partial charge in [-0.2, -0.15) is 0 Å². The highest BCUT2D eigenvalue weighted by Crippen LogP contribution is 2.09. The molecule has 0 unspecified atom stereocenters. The van der Waals surface area contributed by atoms with Crippen LogP contribution in [-0.2, 0) is 4.79 Å². The van der Waals surface area contributed by atoms with Crippen LogP contribution < -0.4 is 0 Å². The number of allylic oxidation sites excluding steroid dienone is 5. The molecule has 0 N–H and O–H groups in total. The fourth-order valence-electron chi connectivity index (χ4n) is 0.850. The van der Waals surface area contributed by atoms with E-state index in [2.05, 4.69) is 12.5 Å². The molecule has 0 aliphatic rings. The number of hydrogen-bond donors (Lipinski definition) is 0. The first-order chi connectivity index (χ1) is 6.15. The number of hydrogen-bond acceptors (Lipinski definition) is 1. The predicted molar refractivity (Wildman–Crippen MR) is 56.2 cm³/mol. The van der Waals surface area contributed by atoms with Gasteiger partial charge in [0.05, 0.1) is 0 Å². The molecule has 0 aliphatic carbocycles. The molecule has 0 aromatic carbocycles. The molecule has 0 bridgehead atoms. The summed E-state index contributed by atoms with van der Waals surface area (Å²) in [6.07, 6.45) is 10.5. The molecule has 0 aliphatic heterocycles. The molecule has 68 valence electrons. The Labute approximate surface area is 79.8 Å². The van der Waals surface area contributed by atoms with Crippen LogP contribution in [0.15, 0.2) is 36.0 Å². The van der Waals surface area contributed by atoms with Gasteiger partial charge in [-0.15, -0.1) is 6.42 Å². The van der Waals surface area contributed by atoms with Crippen molar-refractivity contribution < 1.29 is 4.79 Å². The van der Waals surface area contributed by atoms with E-state index in [9.17, 15) is 4.79 Å². The van der Waals surface area contributed by atoms with Gasteiger partial charge in [0.2, 0.25) is 0 Å². The van der Waals surface area contributed by atoms with Crippen LogP contribution in [0.5, 0.6) is 0 Å². The third-order valence-electron chi connectivity index (χ3n) is 1.64. The Kier molecular flexibility index (Phi) is 5.30. The lowest BCUT2D eigenvalue weighted by Crippen LogP contribution is -1.91. The van der Waals surface area contributed by atoms with Crippen LogP contribution in [0, 0.1) is 12.3 Å². The smallest absolute Gasteiger partial charge is 0.155 e. The molecule has 0 heterocycles. The molecule has 0 spiro atoms. The Bertz CT molecular complexity index is 298. The monoisotopic (exact) mass is 174 g/mol. The minimum atomic E-state index is 0.0993. The van der Waals surface area contributed by atoms with Crippen molar-refractivity contribution in [2.45, 2.75) is 20.3 Å². The molecule has 0 amide bonds. The normalized spacial score (nSPS) is 12.1. The first kappa shape index (κ1) is 11.4. The zero-order chi connectivity index (χ0) is 10.3. The van der Waals surface area contributed by atoms with Crippen molar-refractivity contribution in [1.29, 1.82) is 0 Å². The van der Waals surface area contributed by atoms with E-state index in [0.717, 1.165) is 11.1 Å². The third-order valence-corrected chi connectivity index (χ3v) is 1.64. The van der Waals surface area contributed by atoms with Crippen molar-refractivity contribution in [2.75, 3.05) is 0 Å². The van der Waals surface area contributed by atoms with E-state index in [0.29, 0.717) is 6.42 Å². The minimum Gasteiger partial charge on any atom is -0.295 e. The summed E-state index contributed by atoms with van der Waals surface area (Å²) in [4.78, 5) is 11.1. The summed E-state index contributed by atoms with van der Waals surface area (Å²) < 4.78 is 0. The number of ketones is 1.